The molecule has 7 heteroatoms. The first-order chi connectivity index (χ1) is 12.1. The number of fused-ring (bicyclic) bond motifs is 1. The maximum Gasteiger partial charge on any atom is 0.335 e. The lowest BCUT2D eigenvalue weighted by Gasteiger charge is -2.23. The monoisotopic (exact) mass is 342 g/mol. The first kappa shape index (κ1) is 17.2. The Morgan fingerprint density at radius 2 is 2.08 bits per heavy atom. The number of carbonyl (C=O) groups is 2. The number of rotatable bonds is 6. The Morgan fingerprint density at radius 3 is 2.76 bits per heavy atom. The van der Waals surface area contributed by atoms with E-state index >= 15 is 0 Å². The quantitative estimate of drug-likeness (QED) is 0.738. The van der Waals surface area contributed by atoms with Crippen molar-refractivity contribution in [1.29, 1.82) is 0 Å². The average molecular weight is 342 g/mol. The summed E-state index contributed by atoms with van der Waals surface area (Å²) in [6.45, 7) is 1.82. The van der Waals surface area contributed by atoms with E-state index in [0.717, 1.165) is 36.5 Å². The van der Waals surface area contributed by atoms with Gasteiger partial charge in [-0.2, -0.15) is 0 Å². The maximum atomic E-state index is 11.6. The van der Waals surface area contributed by atoms with Crippen molar-refractivity contribution in [3.63, 3.8) is 0 Å². The van der Waals surface area contributed by atoms with Gasteiger partial charge in [0.1, 0.15) is 5.82 Å². The number of nitrogens with two attached hydrogens (primary N) is 1. The number of carboxylic acids is 1. The summed E-state index contributed by atoms with van der Waals surface area (Å²) in [5.74, 6) is 0.179. The Labute approximate surface area is 145 Å². The molecule has 3 rings (SSSR count). The third-order valence-electron chi connectivity index (χ3n) is 4.47. The number of amides is 1. The Balaban J connectivity index is 1.77. The SMILES string of the molecule is NCCC(=O)NCC1CCCn2cc(-c3ccc(C(=O)O)cc3)nc21. The molecule has 0 radical (unpaired) electrons. The second-order valence-corrected chi connectivity index (χ2v) is 6.24. The zero-order valence-corrected chi connectivity index (χ0v) is 13.9. The van der Waals surface area contributed by atoms with Gasteiger partial charge in [0, 0.05) is 43.7 Å². The minimum Gasteiger partial charge on any atom is -0.478 e. The molecule has 4 N–H and O–H groups in total. The van der Waals surface area contributed by atoms with Gasteiger partial charge < -0.3 is 20.7 Å². The first-order valence-corrected chi connectivity index (χ1v) is 8.46. The lowest BCUT2D eigenvalue weighted by atomic mass is 9.99. The van der Waals surface area contributed by atoms with Crippen LogP contribution in [0.1, 0.15) is 41.4 Å². The molecule has 1 atom stereocenters. The van der Waals surface area contributed by atoms with Crippen molar-refractivity contribution >= 4 is 11.9 Å². The van der Waals surface area contributed by atoms with Crippen LogP contribution in [0.2, 0.25) is 0 Å². The highest BCUT2D eigenvalue weighted by Crippen LogP contribution is 2.29. The Bertz CT molecular complexity index is 767. The third-order valence-corrected chi connectivity index (χ3v) is 4.47. The number of aryl methyl sites for hydroxylation is 1. The van der Waals surface area contributed by atoms with E-state index in [2.05, 4.69) is 9.88 Å². The van der Waals surface area contributed by atoms with Crippen LogP contribution in [0.4, 0.5) is 0 Å². The van der Waals surface area contributed by atoms with Crippen molar-refractivity contribution in [1.82, 2.24) is 14.9 Å². The fourth-order valence-electron chi connectivity index (χ4n) is 3.14. The van der Waals surface area contributed by atoms with Crippen LogP contribution in [0.15, 0.2) is 30.5 Å². The Hall–Kier alpha value is -2.67. The molecular weight excluding hydrogens is 320 g/mol. The molecule has 25 heavy (non-hydrogen) atoms. The van der Waals surface area contributed by atoms with Gasteiger partial charge in [-0.15, -0.1) is 0 Å². The zero-order chi connectivity index (χ0) is 17.8. The summed E-state index contributed by atoms with van der Waals surface area (Å²) in [7, 11) is 0. The van der Waals surface area contributed by atoms with Gasteiger partial charge in [-0.05, 0) is 25.0 Å². The van der Waals surface area contributed by atoms with Crippen LogP contribution >= 0.6 is 0 Å². The van der Waals surface area contributed by atoms with Crippen molar-refractivity contribution < 1.29 is 14.7 Å². The van der Waals surface area contributed by atoms with E-state index in [-0.39, 0.29) is 17.4 Å². The van der Waals surface area contributed by atoms with Crippen LogP contribution in [-0.2, 0) is 11.3 Å². The van der Waals surface area contributed by atoms with Gasteiger partial charge in [0.2, 0.25) is 5.91 Å². The number of nitrogens with one attached hydrogen (secondary N) is 1. The fourth-order valence-corrected chi connectivity index (χ4v) is 3.14. The van der Waals surface area contributed by atoms with Crippen LogP contribution in [0, 0.1) is 0 Å². The van der Waals surface area contributed by atoms with Gasteiger partial charge in [0.25, 0.3) is 0 Å². The van der Waals surface area contributed by atoms with Gasteiger partial charge in [0.05, 0.1) is 11.3 Å². The number of imidazole rings is 1. The molecule has 1 aliphatic heterocycles. The third kappa shape index (κ3) is 3.88. The molecule has 0 bridgehead atoms. The summed E-state index contributed by atoms with van der Waals surface area (Å²) in [4.78, 5) is 27.3. The minimum absolute atomic E-state index is 0.0318. The summed E-state index contributed by atoms with van der Waals surface area (Å²) < 4.78 is 2.13. The van der Waals surface area contributed by atoms with Crippen molar-refractivity contribution in [3.8, 4) is 11.3 Å². The molecule has 0 saturated carbocycles. The molecule has 2 heterocycles. The number of aromatic nitrogens is 2. The van der Waals surface area contributed by atoms with E-state index in [4.69, 9.17) is 15.8 Å². The largest absolute Gasteiger partial charge is 0.478 e. The first-order valence-electron chi connectivity index (χ1n) is 8.46. The second-order valence-electron chi connectivity index (χ2n) is 6.24. The molecule has 132 valence electrons. The number of carboxylic acid groups (broad SMARTS) is 1. The van der Waals surface area contributed by atoms with E-state index in [1.54, 1.807) is 24.3 Å². The molecular formula is C18H22N4O3. The molecule has 2 aromatic rings. The molecule has 1 unspecified atom stereocenters. The predicted octanol–water partition coefficient (Wildman–Crippen LogP) is 1.59. The normalized spacial score (nSPS) is 16.3. The molecule has 0 aliphatic carbocycles. The molecule has 0 fully saturated rings. The molecule has 1 aliphatic rings. The second kappa shape index (κ2) is 7.48. The van der Waals surface area contributed by atoms with Crippen LogP contribution in [0.3, 0.4) is 0 Å². The summed E-state index contributed by atoms with van der Waals surface area (Å²) in [6, 6.07) is 6.71. The number of hydrogen-bond donors (Lipinski definition) is 3. The summed E-state index contributed by atoms with van der Waals surface area (Å²) in [5, 5.41) is 11.9. The van der Waals surface area contributed by atoms with E-state index in [9.17, 15) is 9.59 Å². The van der Waals surface area contributed by atoms with E-state index < -0.39 is 5.97 Å². The average Bonchev–Trinajstić information content (AvgIpc) is 3.05. The number of nitrogens with zero attached hydrogens (tertiary/aromatic N) is 2. The molecule has 0 saturated heterocycles. The van der Waals surface area contributed by atoms with E-state index in [1.807, 2.05) is 6.20 Å². The highest BCUT2D eigenvalue weighted by Gasteiger charge is 2.24. The van der Waals surface area contributed by atoms with Crippen molar-refractivity contribution in [3.05, 3.63) is 41.9 Å². The minimum atomic E-state index is -0.941. The van der Waals surface area contributed by atoms with Gasteiger partial charge >= 0.3 is 5.97 Å². The lowest BCUT2D eigenvalue weighted by Crippen LogP contribution is -2.32. The highest BCUT2D eigenvalue weighted by atomic mass is 16.4. The fraction of sp³-hybridized carbons (Fsp3) is 0.389. The maximum absolute atomic E-state index is 11.6. The lowest BCUT2D eigenvalue weighted by molar-refractivity contribution is -0.121. The van der Waals surface area contributed by atoms with E-state index in [0.29, 0.717) is 19.5 Å². The van der Waals surface area contributed by atoms with Crippen LogP contribution in [0.5, 0.6) is 0 Å². The van der Waals surface area contributed by atoms with Crippen molar-refractivity contribution in [2.75, 3.05) is 13.1 Å². The molecule has 7 nitrogen and oxygen atoms in total. The molecule has 1 aromatic heterocycles. The number of hydrogen-bond acceptors (Lipinski definition) is 4. The van der Waals surface area contributed by atoms with Crippen LogP contribution in [0.25, 0.3) is 11.3 Å². The Morgan fingerprint density at radius 1 is 1.32 bits per heavy atom. The number of benzene rings is 1. The van der Waals surface area contributed by atoms with Crippen molar-refractivity contribution in [2.45, 2.75) is 31.7 Å². The number of aromatic carboxylic acids is 1. The highest BCUT2D eigenvalue weighted by molar-refractivity contribution is 5.88. The van der Waals surface area contributed by atoms with Gasteiger partial charge in [-0.25, -0.2) is 9.78 Å². The van der Waals surface area contributed by atoms with Gasteiger partial charge in [0.15, 0.2) is 0 Å². The van der Waals surface area contributed by atoms with Crippen molar-refractivity contribution in [2.24, 2.45) is 5.73 Å². The summed E-state index contributed by atoms with van der Waals surface area (Å²) in [6.07, 6.45) is 4.36. The predicted molar refractivity (Wildman–Crippen MR) is 93.3 cm³/mol. The van der Waals surface area contributed by atoms with Gasteiger partial charge in [-0.3, -0.25) is 4.79 Å². The zero-order valence-electron chi connectivity index (χ0n) is 13.9. The van der Waals surface area contributed by atoms with E-state index in [1.165, 1.54) is 0 Å². The summed E-state index contributed by atoms with van der Waals surface area (Å²) >= 11 is 0. The topological polar surface area (TPSA) is 110 Å². The van der Waals surface area contributed by atoms with Gasteiger partial charge in [-0.1, -0.05) is 12.1 Å². The Kier molecular flexibility index (Phi) is 5.14. The molecule has 0 spiro atoms. The number of carbonyl (C=O) groups excluding carboxylic acids is 1. The standard InChI is InChI=1S/C18H22N4O3/c19-8-7-16(23)20-10-14-2-1-9-22-11-15(21-17(14)22)12-3-5-13(6-4-12)18(24)25/h3-6,11,14H,1-2,7-10,19H2,(H,20,23)(H,24,25). The smallest absolute Gasteiger partial charge is 0.335 e. The van der Waals surface area contributed by atoms with Crippen LogP contribution in [-0.4, -0.2) is 39.6 Å². The van der Waals surface area contributed by atoms with Crippen LogP contribution < -0.4 is 11.1 Å². The summed E-state index contributed by atoms with van der Waals surface area (Å²) in [5.41, 5.74) is 7.37. The molecule has 1 amide bonds. The molecule has 1 aromatic carbocycles.